The van der Waals surface area contributed by atoms with Crippen LogP contribution < -0.4 is 10.6 Å². The largest absolute Gasteiger partial charge is 0.394 e. The van der Waals surface area contributed by atoms with Crippen molar-refractivity contribution in [2.24, 2.45) is 0 Å². The number of hydrogen-bond donors (Lipinski definition) is 3. The van der Waals surface area contributed by atoms with E-state index in [4.69, 9.17) is 0 Å². The third-order valence-electron chi connectivity index (χ3n) is 3.85. The van der Waals surface area contributed by atoms with E-state index in [0.29, 0.717) is 12.2 Å². The number of carbonyl (C=O) groups is 1. The van der Waals surface area contributed by atoms with E-state index in [1.165, 1.54) is 6.42 Å². The normalized spacial score (nSPS) is 17.5. The van der Waals surface area contributed by atoms with Crippen LogP contribution in [-0.4, -0.2) is 34.7 Å². The number of amides is 1. The predicted molar refractivity (Wildman–Crippen MR) is 78.8 cm³/mol. The van der Waals surface area contributed by atoms with Crippen LogP contribution in [0, 0.1) is 0 Å². The molecule has 1 saturated carbocycles. The van der Waals surface area contributed by atoms with E-state index in [2.05, 4.69) is 15.6 Å². The van der Waals surface area contributed by atoms with Gasteiger partial charge in [0.1, 0.15) is 5.69 Å². The first kappa shape index (κ1) is 14.8. The van der Waals surface area contributed by atoms with Gasteiger partial charge in [0.05, 0.1) is 12.1 Å². The maximum Gasteiger partial charge on any atom is 0.269 e. The summed E-state index contributed by atoms with van der Waals surface area (Å²) in [6.07, 6.45) is 7.03. The summed E-state index contributed by atoms with van der Waals surface area (Å²) in [7, 11) is 0. The van der Waals surface area contributed by atoms with Gasteiger partial charge in [-0.1, -0.05) is 19.3 Å². The van der Waals surface area contributed by atoms with Crippen molar-refractivity contribution >= 4 is 11.6 Å². The van der Waals surface area contributed by atoms with Gasteiger partial charge in [-0.05, 0) is 31.9 Å². The Balaban J connectivity index is 2.12. The molecule has 0 spiro atoms. The highest BCUT2D eigenvalue weighted by atomic mass is 16.3. The number of rotatable bonds is 5. The van der Waals surface area contributed by atoms with Crippen LogP contribution >= 0.6 is 0 Å². The van der Waals surface area contributed by atoms with Crippen molar-refractivity contribution < 1.29 is 9.90 Å². The summed E-state index contributed by atoms with van der Waals surface area (Å²) < 4.78 is 0. The topological polar surface area (TPSA) is 74.2 Å². The lowest BCUT2D eigenvalue weighted by Crippen LogP contribution is -2.43. The summed E-state index contributed by atoms with van der Waals surface area (Å²) in [6, 6.07) is 3.59. The SMILES string of the molecule is CCNC(=O)c1cc(NC2(CO)CCCCC2)ccn1. The zero-order valence-electron chi connectivity index (χ0n) is 12.0. The second kappa shape index (κ2) is 6.70. The summed E-state index contributed by atoms with van der Waals surface area (Å²) >= 11 is 0. The van der Waals surface area contributed by atoms with E-state index in [0.717, 1.165) is 31.4 Å². The van der Waals surface area contributed by atoms with Crippen LogP contribution in [0.3, 0.4) is 0 Å². The molecule has 1 amide bonds. The number of nitrogens with one attached hydrogen (secondary N) is 2. The zero-order chi connectivity index (χ0) is 14.4. The van der Waals surface area contributed by atoms with Crippen molar-refractivity contribution in [2.75, 3.05) is 18.5 Å². The Labute approximate surface area is 119 Å². The van der Waals surface area contributed by atoms with Crippen molar-refractivity contribution in [3.05, 3.63) is 24.0 Å². The Morgan fingerprint density at radius 3 is 2.80 bits per heavy atom. The maximum atomic E-state index is 11.8. The quantitative estimate of drug-likeness (QED) is 0.769. The lowest BCUT2D eigenvalue weighted by Gasteiger charge is -2.37. The zero-order valence-corrected chi connectivity index (χ0v) is 12.0. The number of aromatic nitrogens is 1. The second-order valence-electron chi connectivity index (χ2n) is 5.41. The van der Waals surface area contributed by atoms with E-state index in [-0.39, 0.29) is 18.1 Å². The Hall–Kier alpha value is -1.62. The molecule has 0 radical (unpaired) electrons. The molecule has 1 aromatic rings. The van der Waals surface area contributed by atoms with E-state index in [1.807, 2.05) is 13.0 Å². The molecule has 3 N–H and O–H groups in total. The molecule has 0 atom stereocenters. The van der Waals surface area contributed by atoms with Gasteiger partial charge in [-0.15, -0.1) is 0 Å². The summed E-state index contributed by atoms with van der Waals surface area (Å²) in [5, 5.41) is 15.9. The fourth-order valence-corrected chi connectivity index (χ4v) is 2.74. The highest BCUT2D eigenvalue weighted by Gasteiger charge is 2.31. The molecule has 2 rings (SSSR count). The van der Waals surface area contributed by atoms with E-state index in [9.17, 15) is 9.90 Å². The van der Waals surface area contributed by atoms with Gasteiger partial charge < -0.3 is 15.7 Å². The molecule has 0 saturated heterocycles. The van der Waals surface area contributed by atoms with Crippen molar-refractivity contribution in [3.63, 3.8) is 0 Å². The number of aliphatic hydroxyl groups is 1. The van der Waals surface area contributed by atoms with E-state index < -0.39 is 0 Å². The predicted octanol–water partition coefficient (Wildman–Crippen LogP) is 1.94. The minimum Gasteiger partial charge on any atom is -0.394 e. The molecule has 1 heterocycles. The summed E-state index contributed by atoms with van der Waals surface area (Å²) in [5.41, 5.74) is 0.996. The Morgan fingerprint density at radius 2 is 2.15 bits per heavy atom. The summed E-state index contributed by atoms with van der Waals surface area (Å²) in [6.45, 7) is 2.58. The van der Waals surface area contributed by atoms with E-state index >= 15 is 0 Å². The smallest absolute Gasteiger partial charge is 0.269 e. The first-order valence-corrected chi connectivity index (χ1v) is 7.32. The fraction of sp³-hybridized carbons (Fsp3) is 0.600. The van der Waals surface area contributed by atoms with Crippen molar-refractivity contribution in [1.29, 1.82) is 0 Å². The van der Waals surface area contributed by atoms with Gasteiger partial charge >= 0.3 is 0 Å². The van der Waals surface area contributed by atoms with Crippen LogP contribution in [0.5, 0.6) is 0 Å². The van der Waals surface area contributed by atoms with Gasteiger partial charge in [0.2, 0.25) is 0 Å². The van der Waals surface area contributed by atoms with Crippen molar-refractivity contribution in [1.82, 2.24) is 10.3 Å². The number of anilines is 1. The van der Waals surface area contributed by atoms with Crippen LogP contribution in [0.25, 0.3) is 0 Å². The van der Waals surface area contributed by atoms with Crippen LogP contribution in [0.4, 0.5) is 5.69 Å². The number of aliphatic hydroxyl groups excluding tert-OH is 1. The Kier molecular flexibility index (Phi) is 4.95. The lowest BCUT2D eigenvalue weighted by molar-refractivity contribution is 0.0951. The molecular formula is C15H23N3O2. The van der Waals surface area contributed by atoms with E-state index in [1.54, 1.807) is 12.3 Å². The van der Waals surface area contributed by atoms with Crippen LogP contribution in [0.15, 0.2) is 18.3 Å². The number of carbonyl (C=O) groups excluding carboxylic acids is 1. The third-order valence-corrected chi connectivity index (χ3v) is 3.85. The number of nitrogens with zero attached hydrogens (tertiary/aromatic N) is 1. The third kappa shape index (κ3) is 3.48. The Morgan fingerprint density at radius 1 is 1.40 bits per heavy atom. The second-order valence-corrected chi connectivity index (χ2v) is 5.41. The molecule has 110 valence electrons. The molecule has 5 nitrogen and oxygen atoms in total. The van der Waals surface area contributed by atoms with Crippen molar-refractivity contribution in [2.45, 2.75) is 44.6 Å². The highest BCUT2D eigenvalue weighted by Crippen LogP contribution is 2.31. The fourth-order valence-electron chi connectivity index (χ4n) is 2.74. The minimum atomic E-state index is -0.252. The van der Waals surface area contributed by atoms with Gasteiger partial charge in [0.15, 0.2) is 0 Å². The minimum absolute atomic E-state index is 0.117. The molecule has 0 bridgehead atoms. The summed E-state index contributed by atoms with van der Waals surface area (Å²) in [5.74, 6) is -0.169. The number of hydrogen-bond acceptors (Lipinski definition) is 4. The lowest BCUT2D eigenvalue weighted by atomic mass is 9.82. The van der Waals surface area contributed by atoms with Crippen LogP contribution in [-0.2, 0) is 0 Å². The van der Waals surface area contributed by atoms with Gasteiger partial charge in [-0.2, -0.15) is 0 Å². The van der Waals surface area contributed by atoms with Gasteiger partial charge in [0, 0.05) is 18.4 Å². The standard InChI is InChI=1S/C15H23N3O2/c1-2-16-14(20)13-10-12(6-9-17-13)18-15(11-19)7-4-3-5-8-15/h6,9-10,19H,2-5,7-8,11H2,1H3,(H,16,20)(H,17,18). The van der Waals surface area contributed by atoms with Crippen LogP contribution in [0.1, 0.15) is 49.5 Å². The van der Waals surface area contributed by atoms with Gasteiger partial charge in [-0.25, -0.2) is 0 Å². The van der Waals surface area contributed by atoms with Crippen LogP contribution in [0.2, 0.25) is 0 Å². The average molecular weight is 277 g/mol. The molecule has 20 heavy (non-hydrogen) atoms. The average Bonchev–Trinajstić information content (AvgIpc) is 2.49. The highest BCUT2D eigenvalue weighted by molar-refractivity contribution is 5.93. The van der Waals surface area contributed by atoms with Gasteiger partial charge in [-0.3, -0.25) is 9.78 Å². The Bertz CT molecular complexity index is 456. The molecule has 5 heteroatoms. The molecule has 0 unspecified atom stereocenters. The first-order valence-electron chi connectivity index (χ1n) is 7.32. The molecule has 0 aliphatic heterocycles. The molecular weight excluding hydrogens is 254 g/mol. The molecule has 1 aromatic heterocycles. The summed E-state index contributed by atoms with van der Waals surface area (Å²) in [4.78, 5) is 15.9. The molecule has 1 aliphatic rings. The molecule has 1 fully saturated rings. The maximum absolute atomic E-state index is 11.8. The first-order chi connectivity index (χ1) is 9.69. The van der Waals surface area contributed by atoms with Gasteiger partial charge in [0.25, 0.3) is 5.91 Å². The van der Waals surface area contributed by atoms with Crippen molar-refractivity contribution in [3.8, 4) is 0 Å². The molecule has 1 aliphatic carbocycles. The molecule has 0 aromatic carbocycles. The monoisotopic (exact) mass is 277 g/mol. The number of pyridine rings is 1.